The van der Waals surface area contributed by atoms with Gasteiger partial charge in [0.15, 0.2) is 0 Å². The summed E-state index contributed by atoms with van der Waals surface area (Å²) in [7, 11) is -3.79. The Labute approximate surface area is 120 Å². The predicted octanol–water partition coefficient (Wildman–Crippen LogP) is 2.43. The molecule has 0 bridgehead atoms. The summed E-state index contributed by atoms with van der Waals surface area (Å²) >= 11 is 0. The van der Waals surface area contributed by atoms with E-state index in [1.807, 2.05) is 11.6 Å². The Hall–Kier alpha value is -1.56. The third-order valence-electron chi connectivity index (χ3n) is 2.82. The van der Waals surface area contributed by atoms with Crippen molar-refractivity contribution in [1.29, 1.82) is 0 Å². The first-order valence-electron chi connectivity index (χ1n) is 6.89. The van der Waals surface area contributed by atoms with Gasteiger partial charge in [0, 0.05) is 6.54 Å². The van der Waals surface area contributed by atoms with Crippen LogP contribution in [0.25, 0.3) is 0 Å². The van der Waals surface area contributed by atoms with Crippen LogP contribution in [0.1, 0.15) is 38.7 Å². The van der Waals surface area contributed by atoms with Gasteiger partial charge < -0.3 is 5.32 Å². The molecule has 1 aromatic rings. The van der Waals surface area contributed by atoms with Gasteiger partial charge in [0.1, 0.15) is 0 Å². The Balaban J connectivity index is 2.66. The molecule has 2 N–H and O–H groups in total. The van der Waals surface area contributed by atoms with Gasteiger partial charge in [-0.05, 0) is 30.5 Å². The Morgan fingerprint density at radius 3 is 2.30 bits per heavy atom. The van der Waals surface area contributed by atoms with Gasteiger partial charge in [-0.1, -0.05) is 38.8 Å². The zero-order valence-corrected chi connectivity index (χ0v) is 12.8. The number of hydrogen-bond donors (Lipinski definition) is 2. The zero-order valence-electron chi connectivity index (χ0n) is 12.0. The fourth-order valence-corrected chi connectivity index (χ4v) is 2.65. The standard InChI is InChI=1S/C14H22N2O3S/c1-3-5-11-15-14(17)16-20(18,19)13-9-7-12(6-4-2)8-10-13/h7-10H,3-6,11H2,1-2H3,(H2,15,16,17). The molecule has 0 aliphatic carbocycles. The van der Waals surface area contributed by atoms with E-state index in [2.05, 4.69) is 12.2 Å². The molecule has 0 saturated heterocycles. The highest BCUT2D eigenvalue weighted by molar-refractivity contribution is 7.90. The van der Waals surface area contributed by atoms with Gasteiger partial charge in [0.25, 0.3) is 10.0 Å². The first kappa shape index (κ1) is 16.5. The molecule has 0 unspecified atom stereocenters. The van der Waals surface area contributed by atoms with Crippen LogP contribution in [-0.2, 0) is 16.4 Å². The molecule has 0 aliphatic rings. The molecular formula is C14H22N2O3S. The first-order valence-corrected chi connectivity index (χ1v) is 8.37. The van der Waals surface area contributed by atoms with Crippen molar-refractivity contribution in [1.82, 2.24) is 10.0 Å². The van der Waals surface area contributed by atoms with E-state index in [9.17, 15) is 13.2 Å². The summed E-state index contributed by atoms with van der Waals surface area (Å²) in [6, 6.07) is 5.90. The molecule has 0 atom stereocenters. The average Bonchev–Trinajstić information content (AvgIpc) is 2.39. The maximum atomic E-state index is 12.0. The van der Waals surface area contributed by atoms with Crippen LogP contribution in [0.3, 0.4) is 0 Å². The van der Waals surface area contributed by atoms with Crippen LogP contribution >= 0.6 is 0 Å². The number of carbonyl (C=O) groups excluding carboxylic acids is 1. The second-order valence-corrected chi connectivity index (χ2v) is 6.29. The number of nitrogens with one attached hydrogen (secondary N) is 2. The SMILES string of the molecule is CCCCNC(=O)NS(=O)(=O)c1ccc(CCC)cc1. The van der Waals surface area contributed by atoms with Gasteiger partial charge in [-0.25, -0.2) is 17.9 Å². The highest BCUT2D eigenvalue weighted by Crippen LogP contribution is 2.11. The van der Waals surface area contributed by atoms with Crippen molar-refractivity contribution in [3.8, 4) is 0 Å². The maximum Gasteiger partial charge on any atom is 0.328 e. The van der Waals surface area contributed by atoms with Gasteiger partial charge in [-0.2, -0.15) is 0 Å². The molecule has 5 nitrogen and oxygen atoms in total. The summed E-state index contributed by atoms with van der Waals surface area (Å²) in [6.07, 6.45) is 3.67. The van der Waals surface area contributed by atoms with Crippen molar-refractivity contribution in [3.63, 3.8) is 0 Å². The normalized spacial score (nSPS) is 11.1. The third-order valence-corrected chi connectivity index (χ3v) is 4.16. The zero-order chi connectivity index (χ0) is 15.0. The summed E-state index contributed by atoms with van der Waals surface area (Å²) in [5.41, 5.74) is 1.08. The van der Waals surface area contributed by atoms with Crippen molar-refractivity contribution in [2.75, 3.05) is 6.54 Å². The van der Waals surface area contributed by atoms with E-state index >= 15 is 0 Å². The fraction of sp³-hybridized carbons (Fsp3) is 0.500. The maximum absolute atomic E-state index is 12.0. The number of hydrogen-bond acceptors (Lipinski definition) is 3. The molecule has 112 valence electrons. The van der Waals surface area contributed by atoms with E-state index in [1.165, 1.54) is 12.1 Å². The van der Waals surface area contributed by atoms with E-state index in [1.54, 1.807) is 12.1 Å². The van der Waals surface area contributed by atoms with Gasteiger partial charge in [0.05, 0.1) is 4.90 Å². The first-order chi connectivity index (χ1) is 9.49. The van der Waals surface area contributed by atoms with Crippen LogP contribution < -0.4 is 10.0 Å². The molecule has 2 amide bonds. The van der Waals surface area contributed by atoms with Crippen LogP contribution in [0.4, 0.5) is 4.79 Å². The molecular weight excluding hydrogens is 276 g/mol. The lowest BCUT2D eigenvalue weighted by Crippen LogP contribution is -2.39. The van der Waals surface area contributed by atoms with Crippen molar-refractivity contribution >= 4 is 16.1 Å². The van der Waals surface area contributed by atoms with Crippen molar-refractivity contribution in [2.24, 2.45) is 0 Å². The lowest BCUT2D eigenvalue weighted by molar-refractivity contribution is 0.245. The fourth-order valence-electron chi connectivity index (χ4n) is 1.72. The Kier molecular flexibility index (Phi) is 6.51. The molecule has 20 heavy (non-hydrogen) atoms. The second-order valence-electron chi connectivity index (χ2n) is 4.61. The van der Waals surface area contributed by atoms with Crippen LogP contribution in [0.5, 0.6) is 0 Å². The lowest BCUT2D eigenvalue weighted by atomic mass is 10.1. The number of aryl methyl sites for hydroxylation is 1. The number of rotatable bonds is 7. The van der Waals surface area contributed by atoms with Crippen molar-refractivity contribution in [3.05, 3.63) is 29.8 Å². The smallest absolute Gasteiger partial charge is 0.328 e. The van der Waals surface area contributed by atoms with Crippen LogP contribution in [-0.4, -0.2) is 21.0 Å². The molecule has 0 saturated carbocycles. The summed E-state index contributed by atoms with van der Waals surface area (Å²) in [4.78, 5) is 11.6. The minimum atomic E-state index is -3.79. The largest absolute Gasteiger partial charge is 0.337 e. The Bertz CT molecular complexity index is 524. The highest BCUT2D eigenvalue weighted by atomic mass is 32.2. The van der Waals surface area contributed by atoms with E-state index in [0.29, 0.717) is 6.54 Å². The van der Waals surface area contributed by atoms with E-state index in [0.717, 1.165) is 31.2 Å². The van der Waals surface area contributed by atoms with E-state index < -0.39 is 16.1 Å². The minimum Gasteiger partial charge on any atom is -0.337 e. The quantitative estimate of drug-likeness (QED) is 0.759. The summed E-state index contributed by atoms with van der Waals surface area (Å²) in [5, 5.41) is 2.51. The van der Waals surface area contributed by atoms with Crippen LogP contribution in [0.15, 0.2) is 29.2 Å². The number of urea groups is 1. The van der Waals surface area contributed by atoms with Gasteiger partial charge in [0.2, 0.25) is 0 Å². The minimum absolute atomic E-state index is 0.1000. The van der Waals surface area contributed by atoms with Gasteiger partial charge in [-0.3, -0.25) is 0 Å². The van der Waals surface area contributed by atoms with Crippen LogP contribution in [0, 0.1) is 0 Å². The summed E-state index contributed by atoms with van der Waals surface area (Å²) in [5.74, 6) is 0. The topological polar surface area (TPSA) is 75.3 Å². The molecule has 0 aromatic heterocycles. The number of unbranched alkanes of at least 4 members (excludes halogenated alkanes) is 1. The molecule has 0 spiro atoms. The summed E-state index contributed by atoms with van der Waals surface area (Å²) in [6.45, 7) is 4.52. The van der Waals surface area contributed by atoms with Gasteiger partial charge >= 0.3 is 6.03 Å². The number of carbonyl (C=O) groups is 1. The lowest BCUT2D eigenvalue weighted by Gasteiger charge is -2.08. The van der Waals surface area contributed by atoms with Crippen LogP contribution in [0.2, 0.25) is 0 Å². The molecule has 6 heteroatoms. The Morgan fingerprint density at radius 2 is 1.75 bits per heavy atom. The average molecular weight is 298 g/mol. The molecule has 0 heterocycles. The van der Waals surface area contributed by atoms with E-state index in [-0.39, 0.29) is 4.90 Å². The molecule has 1 rings (SSSR count). The van der Waals surface area contributed by atoms with Crippen molar-refractivity contribution < 1.29 is 13.2 Å². The monoisotopic (exact) mass is 298 g/mol. The molecule has 0 radical (unpaired) electrons. The molecule has 0 fully saturated rings. The number of benzene rings is 1. The predicted molar refractivity (Wildman–Crippen MR) is 79.1 cm³/mol. The molecule has 0 aliphatic heterocycles. The third kappa shape index (κ3) is 5.21. The highest BCUT2D eigenvalue weighted by Gasteiger charge is 2.16. The van der Waals surface area contributed by atoms with E-state index in [4.69, 9.17) is 0 Å². The number of sulfonamides is 1. The Morgan fingerprint density at radius 1 is 1.10 bits per heavy atom. The second kappa shape index (κ2) is 7.89. The molecule has 1 aromatic carbocycles. The van der Waals surface area contributed by atoms with Gasteiger partial charge in [-0.15, -0.1) is 0 Å². The van der Waals surface area contributed by atoms with Crippen molar-refractivity contribution in [2.45, 2.75) is 44.4 Å². The number of amides is 2. The summed E-state index contributed by atoms with van der Waals surface area (Å²) < 4.78 is 26.0.